The zero-order valence-corrected chi connectivity index (χ0v) is 17.7. The van der Waals surface area contributed by atoms with E-state index < -0.39 is 0 Å². The molecule has 3 N–H and O–H groups in total. The maximum atomic E-state index is 8.99. The molecule has 2 aromatic carbocycles. The molecule has 0 aliphatic carbocycles. The normalized spacial score (nSPS) is 17.8. The second kappa shape index (κ2) is 10.8. The summed E-state index contributed by atoms with van der Waals surface area (Å²) in [6, 6.07) is 15.0. The summed E-state index contributed by atoms with van der Waals surface area (Å²) >= 11 is 12.8. The molecule has 7 nitrogen and oxygen atoms in total. The van der Waals surface area contributed by atoms with E-state index in [0.29, 0.717) is 42.1 Å². The van der Waals surface area contributed by atoms with Gasteiger partial charge < -0.3 is 5.32 Å². The van der Waals surface area contributed by atoms with Crippen molar-refractivity contribution in [1.29, 1.82) is 5.26 Å². The number of halogens is 2. The highest BCUT2D eigenvalue weighted by Crippen LogP contribution is 2.27. The highest BCUT2D eigenvalue weighted by atomic mass is 35.5. The van der Waals surface area contributed by atoms with E-state index in [9.17, 15) is 0 Å². The lowest BCUT2D eigenvalue weighted by Crippen LogP contribution is -2.64. The minimum atomic E-state index is -0.167. The number of anilines is 1. The van der Waals surface area contributed by atoms with Crippen molar-refractivity contribution in [1.82, 2.24) is 20.8 Å². The molecule has 0 amide bonds. The van der Waals surface area contributed by atoms with Gasteiger partial charge in [0.05, 0.1) is 31.6 Å². The van der Waals surface area contributed by atoms with Crippen LogP contribution in [0.15, 0.2) is 42.5 Å². The van der Waals surface area contributed by atoms with Crippen molar-refractivity contribution in [2.45, 2.75) is 26.2 Å². The topological polar surface area (TPSA) is 75.6 Å². The molecule has 3 rings (SSSR count). The Labute approximate surface area is 181 Å². The van der Waals surface area contributed by atoms with E-state index in [1.807, 2.05) is 35.3 Å². The number of hydrazine groups is 1. The van der Waals surface area contributed by atoms with Gasteiger partial charge in [0, 0.05) is 27.8 Å². The van der Waals surface area contributed by atoms with Gasteiger partial charge in [-0.2, -0.15) is 10.3 Å². The van der Waals surface area contributed by atoms with Gasteiger partial charge in [0.1, 0.15) is 6.29 Å². The molecule has 1 saturated heterocycles. The van der Waals surface area contributed by atoms with Crippen molar-refractivity contribution < 1.29 is 4.84 Å². The second-order valence-corrected chi connectivity index (χ2v) is 7.48. The first-order valence-corrected chi connectivity index (χ1v) is 10.2. The standard InChI is InChI=1S/C20H24Cl2N6O/c1-2-10-29-26-28-13-24-20(25-16-8-6-15(11-23)7-9-16)27(14-28)12-17-18(21)4-3-5-19(17)22/h3-9,20,24-26H,2,10,12-14H2,1H3. The lowest BCUT2D eigenvalue weighted by molar-refractivity contribution is -0.133. The average molecular weight is 435 g/mol. The van der Waals surface area contributed by atoms with E-state index in [0.717, 1.165) is 17.7 Å². The molecule has 1 aliphatic heterocycles. The van der Waals surface area contributed by atoms with E-state index in [2.05, 4.69) is 34.1 Å². The zero-order chi connectivity index (χ0) is 20.6. The largest absolute Gasteiger partial charge is 0.357 e. The predicted molar refractivity (Wildman–Crippen MR) is 115 cm³/mol. The summed E-state index contributed by atoms with van der Waals surface area (Å²) in [5.74, 6) is 0. The first kappa shape index (κ1) is 21.8. The molecule has 0 aromatic heterocycles. The highest BCUT2D eigenvalue weighted by Gasteiger charge is 2.27. The molecule has 0 radical (unpaired) electrons. The summed E-state index contributed by atoms with van der Waals surface area (Å²) in [5.41, 5.74) is 5.35. The molecule has 1 unspecified atom stereocenters. The average Bonchev–Trinajstić information content (AvgIpc) is 2.73. The summed E-state index contributed by atoms with van der Waals surface area (Å²) in [4.78, 5) is 7.60. The number of nitriles is 1. The van der Waals surface area contributed by atoms with E-state index >= 15 is 0 Å². The molecule has 1 heterocycles. The third-order valence-corrected chi connectivity index (χ3v) is 5.14. The van der Waals surface area contributed by atoms with Crippen LogP contribution in [-0.4, -0.2) is 36.1 Å². The monoisotopic (exact) mass is 434 g/mol. The van der Waals surface area contributed by atoms with Gasteiger partial charge in [0.2, 0.25) is 0 Å². The van der Waals surface area contributed by atoms with Crippen LogP contribution < -0.4 is 16.2 Å². The molecule has 1 atom stereocenters. The predicted octanol–water partition coefficient (Wildman–Crippen LogP) is 3.73. The molecular formula is C20H24Cl2N6O. The molecule has 0 saturated carbocycles. The number of hydrogen-bond acceptors (Lipinski definition) is 7. The summed E-state index contributed by atoms with van der Waals surface area (Å²) in [7, 11) is 0. The number of rotatable bonds is 8. The van der Waals surface area contributed by atoms with Crippen LogP contribution >= 0.6 is 23.2 Å². The van der Waals surface area contributed by atoms with Gasteiger partial charge >= 0.3 is 0 Å². The Hall–Kier alpha value is -1.89. The lowest BCUT2D eigenvalue weighted by Gasteiger charge is -2.42. The molecule has 0 bridgehead atoms. The molecule has 9 heteroatoms. The minimum Gasteiger partial charge on any atom is -0.357 e. The van der Waals surface area contributed by atoms with Crippen LogP contribution in [0, 0.1) is 11.3 Å². The van der Waals surface area contributed by atoms with Crippen molar-refractivity contribution in [2.75, 3.05) is 25.3 Å². The zero-order valence-electron chi connectivity index (χ0n) is 16.2. The van der Waals surface area contributed by atoms with Crippen molar-refractivity contribution in [2.24, 2.45) is 0 Å². The number of nitrogens with one attached hydrogen (secondary N) is 3. The molecule has 1 fully saturated rings. The Morgan fingerprint density at radius 2 is 1.93 bits per heavy atom. The Balaban J connectivity index is 1.74. The number of nitrogens with zero attached hydrogens (tertiary/aromatic N) is 3. The Bertz CT molecular complexity index is 822. The second-order valence-electron chi connectivity index (χ2n) is 6.67. The highest BCUT2D eigenvalue weighted by molar-refractivity contribution is 6.35. The first-order chi connectivity index (χ1) is 14.1. The van der Waals surface area contributed by atoms with Gasteiger partial charge in [-0.05, 0) is 42.8 Å². The van der Waals surface area contributed by atoms with Crippen LogP contribution in [-0.2, 0) is 11.4 Å². The molecular weight excluding hydrogens is 411 g/mol. The maximum absolute atomic E-state index is 8.99. The molecule has 0 spiro atoms. The Kier molecular flexibility index (Phi) is 8.09. The molecule has 2 aromatic rings. The Morgan fingerprint density at radius 3 is 2.59 bits per heavy atom. The van der Waals surface area contributed by atoms with E-state index in [1.54, 1.807) is 12.1 Å². The van der Waals surface area contributed by atoms with Crippen LogP contribution in [0.1, 0.15) is 24.5 Å². The van der Waals surface area contributed by atoms with Crippen molar-refractivity contribution in [3.8, 4) is 6.07 Å². The molecule has 29 heavy (non-hydrogen) atoms. The first-order valence-electron chi connectivity index (χ1n) is 9.40. The fourth-order valence-corrected chi connectivity index (χ4v) is 3.46. The van der Waals surface area contributed by atoms with Crippen molar-refractivity contribution in [3.63, 3.8) is 0 Å². The van der Waals surface area contributed by atoms with E-state index in [1.165, 1.54) is 0 Å². The van der Waals surface area contributed by atoms with Crippen LogP contribution in [0.5, 0.6) is 0 Å². The minimum absolute atomic E-state index is 0.167. The third-order valence-electron chi connectivity index (χ3n) is 4.43. The van der Waals surface area contributed by atoms with E-state index in [-0.39, 0.29) is 6.29 Å². The number of hydrogen-bond donors (Lipinski definition) is 3. The quantitative estimate of drug-likeness (QED) is 0.431. The van der Waals surface area contributed by atoms with E-state index in [4.69, 9.17) is 33.3 Å². The van der Waals surface area contributed by atoms with Crippen LogP contribution in [0.25, 0.3) is 0 Å². The van der Waals surface area contributed by atoms with Crippen molar-refractivity contribution in [3.05, 3.63) is 63.6 Å². The third kappa shape index (κ3) is 6.04. The number of benzene rings is 2. The van der Waals surface area contributed by atoms with Gasteiger partial charge in [-0.1, -0.05) is 36.2 Å². The SMILES string of the molecule is CCCONN1CNC(Nc2ccc(C#N)cc2)N(Cc2c(Cl)cccc2Cl)C1. The van der Waals surface area contributed by atoms with Crippen LogP contribution in [0.3, 0.4) is 0 Å². The van der Waals surface area contributed by atoms with Gasteiger partial charge in [-0.25, -0.2) is 0 Å². The summed E-state index contributed by atoms with van der Waals surface area (Å²) in [6.07, 6.45) is 0.760. The lowest BCUT2D eigenvalue weighted by atomic mass is 10.2. The summed E-state index contributed by atoms with van der Waals surface area (Å²) in [5, 5.41) is 19.0. The van der Waals surface area contributed by atoms with Crippen LogP contribution in [0.2, 0.25) is 10.0 Å². The summed E-state index contributed by atoms with van der Waals surface area (Å²) < 4.78 is 0. The Morgan fingerprint density at radius 1 is 1.21 bits per heavy atom. The fraction of sp³-hybridized carbons (Fsp3) is 0.350. The summed E-state index contributed by atoms with van der Waals surface area (Å²) in [6.45, 7) is 4.36. The smallest absolute Gasteiger partial charge is 0.137 e. The maximum Gasteiger partial charge on any atom is 0.137 e. The van der Waals surface area contributed by atoms with Gasteiger partial charge in [-0.3, -0.25) is 15.1 Å². The van der Waals surface area contributed by atoms with Gasteiger partial charge in [0.15, 0.2) is 0 Å². The molecule has 1 aliphatic rings. The molecule has 154 valence electrons. The van der Waals surface area contributed by atoms with Gasteiger partial charge in [-0.15, -0.1) is 5.59 Å². The van der Waals surface area contributed by atoms with Crippen LogP contribution in [0.4, 0.5) is 5.69 Å². The van der Waals surface area contributed by atoms with Gasteiger partial charge in [0.25, 0.3) is 0 Å². The fourth-order valence-electron chi connectivity index (χ4n) is 2.95. The van der Waals surface area contributed by atoms with Crippen molar-refractivity contribution >= 4 is 28.9 Å².